The fraction of sp³-hybridized carbons (Fsp3) is 0.148. The lowest BCUT2D eigenvalue weighted by Gasteiger charge is -2.15. The van der Waals surface area contributed by atoms with Crippen LogP contribution in [-0.2, 0) is 16.0 Å². The normalized spacial score (nSPS) is 13.4. The van der Waals surface area contributed by atoms with Crippen molar-refractivity contribution in [2.45, 2.75) is 26.2 Å². The Balaban J connectivity index is 1.47. The number of nitrogens with one attached hydrogen (secondary N) is 2. The predicted octanol–water partition coefficient (Wildman–Crippen LogP) is 6.37. The Morgan fingerprint density at radius 3 is 2.34 bits per heavy atom. The maximum atomic E-state index is 13.0. The van der Waals surface area contributed by atoms with E-state index in [2.05, 4.69) is 17.6 Å². The second-order valence-electron chi connectivity index (χ2n) is 8.07. The summed E-state index contributed by atoms with van der Waals surface area (Å²) < 4.78 is 0. The first-order valence-electron chi connectivity index (χ1n) is 11.2. The van der Waals surface area contributed by atoms with Crippen molar-refractivity contribution in [3.8, 4) is 0 Å². The Bertz CT molecular complexity index is 1320. The lowest BCUT2D eigenvalue weighted by atomic mass is 10.1. The van der Waals surface area contributed by atoms with Gasteiger partial charge in [0, 0.05) is 22.0 Å². The van der Waals surface area contributed by atoms with Crippen LogP contribution in [0.5, 0.6) is 0 Å². The van der Waals surface area contributed by atoms with E-state index in [-0.39, 0.29) is 16.6 Å². The van der Waals surface area contributed by atoms with Crippen LogP contribution in [0.4, 0.5) is 17.1 Å². The summed E-state index contributed by atoms with van der Waals surface area (Å²) in [5, 5.41) is 5.91. The minimum absolute atomic E-state index is 0.0723. The van der Waals surface area contributed by atoms with Crippen LogP contribution in [0.3, 0.4) is 0 Å². The molecule has 0 saturated heterocycles. The average Bonchev–Trinajstić information content (AvgIpc) is 3.06. The molecule has 8 heteroatoms. The molecule has 0 spiro atoms. The van der Waals surface area contributed by atoms with E-state index in [0.29, 0.717) is 27.6 Å². The number of carbonyl (C=O) groups is 3. The second kappa shape index (κ2) is 10.8. The Morgan fingerprint density at radius 2 is 1.63 bits per heavy atom. The molecule has 0 bridgehead atoms. The molecular formula is C27H23Cl2N3O3. The number of imide groups is 1. The molecule has 3 aromatic rings. The lowest BCUT2D eigenvalue weighted by molar-refractivity contribution is -0.120. The highest BCUT2D eigenvalue weighted by Gasteiger charge is 2.39. The van der Waals surface area contributed by atoms with Crippen molar-refractivity contribution in [2.24, 2.45) is 0 Å². The van der Waals surface area contributed by atoms with E-state index >= 15 is 0 Å². The zero-order chi connectivity index (χ0) is 24.9. The third-order valence-corrected chi connectivity index (χ3v) is 6.10. The van der Waals surface area contributed by atoms with Crippen LogP contribution in [0.2, 0.25) is 5.02 Å². The Morgan fingerprint density at radius 1 is 0.886 bits per heavy atom. The third kappa shape index (κ3) is 5.56. The summed E-state index contributed by atoms with van der Waals surface area (Å²) >= 11 is 12.2. The molecule has 4 rings (SSSR count). The van der Waals surface area contributed by atoms with Crippen LogP contribution in [0.1, 0.15) is 35.7 Å². The van der Waals surface area contributed by atoms with E-state index in [0.717, 1.165) is 24.2 Å². The van der Waals surface area contributed by atoms with Gasteiger partial charge >= 0.3 is 0 Å². The fourth-order valence-electron chi connectivity index (χ4n) is 3.68. The molecule has 2 N–H and O–H groups in total. The van der Waals surface area contributed by atoms with Crippen LogP contribution < -0.4 is 15.5 Å². The molecule has 1 heterocycles. The zero-order valence-electron chi connectivity index (χ0n) is 19.0. The maximum absolute atomic E-state index is 13.0. The highest BCUT2D eigenvalue weighted by Crippen LogP contribution is 2.31. The van der Waals surface area contributed by atoms with Crippen molar-refractivity contribution in [1.82, 2.24) is 0 Å². The molecule has 0 aromatic heterocycles. The summed E-state index contributed by atoms with van der Waals surface area (Å²) in [5.41, 5.74) is 2.98. The number of benzene rings is 3. The van der Waals surface area contributed by atoms with Gasteiger partial charge in [-0.25, -0.2) is 4.90 Å². The van der Waals surface area contributed by atoms with Gasteiger partial charge in [0.2, 0.25) is 0 Å². The smallest absolute Gasteiger partial charge is 0.283 e. The van der Waals surface area contributed by atoms with Crippen LogP contribution in [0.15, 0.2) is 83.5 Å². The van der Waals surface area contributed by atoms with E-state index in [9.17, 15) is 14.4 Å². The maximum Gasteiger partial charge on any atom is 0.283 e. The summed E-state index contributed by atoms with van der Waals surface area (Å²) in [4.78, 5) is 39.4. The van der Waals surface area contributed by atoms with Crippen molar-refractivity contribution in [1.29, 1.82) is 0 Å². The van der Waals surface area contributed by atoms with E-state index in [1.807, 2.05) is 24.3 Å². The molecule has 0 aliphatic carbocycles. The number of halogens is 2. The van der Waals surface area contributed by atoms with E-state index in [4.69, 9.17) is 23.2 Å². The van der Waals surface area contributed by atoms with Gasteiger partial charge in [0.05, 0.1) is 5.69 Å². The number of rotatable bonds is 8. The molecule has 35 heavy (non-hydrogen) atoms. The number of hydrogen-bond acceptors (Lipinski definition) is 4. The molecule has 1 aliphatic rings. The highest BCUT2D eigenvalue weighted by atomic mass is 35.5. The van der Waals surface area contributed by atoms with Crippen molar-refractivity contribution in [2.75, 3.05) is 15.5 Å². The second-order valence-corrected chi connectivity index (χ2v) is 8.89. The summed E-state index contributed by atoms with van der Waals surface area (Å²) in [5.74, 6) is -1.57. The van der Waals surface area contributed by atoms with Crippen molar-refractivity contribution >= 4 is 58.0 Å². The monoisotopic (exact) mass is 507 g/mol. The largest absolute Gasteiger partial charge is 0.350 e. The fourth-order valence-corrected chi connectivity index (χ4v) is 4.08. The molecule has 6 nitrogen and oxygen atoms in total. The molecule has 0 fully saturated rings. The zero-order valence-corrected chi connectivity index (χ0v) is 20.5. The van der Waals surface area contributed by atoms with Crippen LogP contribution >= 0.6 is 23.2 Å². The molecule has 178 valence electrons. The van der Waals surface area contributed by atoms with Crippen molar-refractivity contribution in [3.63, 3.8) is 0 Å². The number of unbranched alkanes of at least 4 members (excludes halogenated alkanes) is 1. The van der Waals surface area contributed by atoms with Gasteiger partial charge in [-0.05, 0) is 66.9 Å². The summed E-state index contributed by atoms with van der Waals surface area (Å²) in [6.07, 6.45) is 3.26. The molecule has 0 atom stereocenters. The number of nitrogens with zero attached hydrogens (tertiary/aromatic N) is 1. The highest BCUT2D eigenvalue weighted by molar-refractivity contribution is 6.53. The Labute approximate surface area is 213 Å². The van der Waals surface area contributed by atoms with Gasteiger partial charge in [-0.15, -0.1) is 0 Å². The topological polar surface area (TPSA) is 78.5 Å². The van der Waals surface area contributed by atoms with E-state index in [1.54, 1.807) is 42.5 Å². The number of carbonyl (C=O) groups excluding carboxylic acids is 3. The van der Waals surface area contributed by atoms with E-state index < -0.39 is 11.8 Å². The first-order valence-corrected chi connectivity index (χ1v) is 11.9. The van der Waals surface area contributed by atoms with Gasteiger partial charge in [0.25, 0.3) is 17.7 Å². The van der Waals surface area contributed by atoms with Crippen molar-refractivity contribution < 1.29 is 14.4 Å². The lowest BCUT2D eigenvalue weighted by Crippen LogP contribution is -2.32. The molecule has 3 amide bonds. The first-order chi connectivity index (χ1) is 16.9. The molecule has 0 saturated carbocycles. The van der Waals surface area contributed by atoms with Gasteiger partial charge < -0.3 is 10.6 Å². The van der Waals surface area contributed by atoms with Crippen LogP contribution in [0.25, 0.3) is 0 Å². The predicted molar refractivity (Wildman–Crippen MR) is 140 cm³/mol. The van der Waals surface area contributed by atoms with Gasteiger partial charge in [0.15, 0.2) is 0 Å². The minimum atomic E-state index is -0.655. The number of hydrogen-bond donors (Lipinski definition) is 2. The Kier molecular flexibility index (Phi) is 7.54. The number of amides is 3. The molecule has 0 radical (unpaired) electrons. The molecule has 3 aromatic carbocycles. The van der Waals surface area contributed by atoms with Gasteiger partial charge in [-0.1, -0.05) is 60.8 Å². The molecule has 0 unspecified atom stereocenters. The minimum Gasteiger partial charge on any atom is -0.350 e. The molecule has 1 aliphatic heterocycles. The van der Waals surface area contributed by atoms with Crippen LogP contribution in [0, 0.1) is 0 Å². The summed E-state index contributed by atoms with van der Waals surface area (Å²) in [6.45, 7) is 2.15. The van der Waals surface area contributed by atoms with Gasteiger partial charge in [0.1, 0.15) is 10.7 Å². The van der Waals surface area contributed by atoms with Crippen molar-refractivity contribution in [3.05, 3.63) is 99.7 Å². The SMILES string of the molecule is CCCCc1ccc(NC(=O)c2cccc(NC3=C(Cl)C(=O)N(c4cccc(Cl)c4)C3=O)c2)cc1. The van der Waals surface area contributed by atoms with Gasteiger partial charge in [-0.2, -0.15) is 0 Å². The molecular weight excluding hydrogens is 485 g/mol. The quantitative estimate of drug-likeness (QED) is 0.347. The number of anilines is 3. The number of aryl methyl sites for hydroxylation is 1. The Hall–Kier alpha value is -3.61. The third-order valence-electron chi connectivity index (χ3n) is 5.52. The van der Waals surface area contributed by atoms with Gasteiger partial charge in [-0.3, -0.25) is 14.4 Å². The summed E-state index contributed by atoms with van der Waals surface area (Å²) in [6, 6.07) is 20.7. The standard InChI is InChI=1S/C27H23Cl2N3O3/c1-2-3-6-17-11-13-20(14-12-17)31-25(33)18-7-4-9-21(15-18)30-24-23(29)26(34)32(27(24)35)22-10-5-8-19(28)16-22/h4-5,7-16,30H,2-3,6H2,1H3,(H,31,33). The van der Waals surface area contributed by atoms with Crippen LogP contribution in [-0.4, -0.2) is 17.7 Å². The average molecular weight is 508 g/mol. The summed E-state index contributed by atoms with van der Waals surface area (Å²) in [7, 11) is 0. The van der Waals surface area contributed by atoms with E-state index in [1.165, 1.54) is 11.6 Å². The first kappa shape index (κ1) is 24.5.